The van der Waals surface area contributed by atoms with E-state index in [4.69, 9.17) is 15.0 Å². The van der Waals surface area contributed by atoms with Crippen molar-refractivity contribution in [3.63, 3.8) is 0 Å². The van der Waals surface area contributed by atoms with E-state index in [9.17, 15) is 0 Å². The van der Waals surface area contributed by atoms with E-state index in [1.807, 2.05) is 48.2 Å². The molecule has 6 heteroatoms. The lowest BCUT2D eigenvalue weighted by Gasteiger charge is -2.29. The molecule has 0 saturated carbocycles. The van der Waals surface area contributed by atoms with E-state index in [0.29, 0.717) is 0 Å². The molecule has 0 saturated heterocycles. The van der Waals surface area contributed by atoms with Gasteiger partial charge >= 0.3 is 0 Å². The maximum Gasteiger partial charge on any atom is 0.169 e. The fourth-order valence-corrected chi connectivity index (χ4v) is 10.0. The fourth-order valence-electron chi connectivity index (χ4n) is 8.42. The Bertz CT molecular complexity index is 2760. The minimum atomic E-state index is -0.375. The maximum absolute atomic E-state index is 5.47. The molecule has 0 fully saturated rings. The Morgan fingerprint density at radius 1 is 0.518 bits per heavy atom. The van der Waals surface area contributed by atoms with Crippen molar-refractivity contribution in [1.29, 1.82) is 0 Å². The van der Waals surface area contributed by atoms with Crippen LogP contribution < -0.4 is 10.2 Å². The van der Waals surface area contributed by atoms with E-state index in [1.165, 1.54) is 32.8 Å². The molecule has 3 aliphatic rings. The van der Waals surface area contributed by atoms with Crippen LogP contribution in [0, 0.1) is 0 Å². The normalized spacial score (nSPS) is 17.1. The van der Waals surface area contributed by atoms with Gasteiger partial charge in [0.1, 0.15) is 11.7 Å². The Hall–Kier alpha value is -6.76. The number of nitrogens with one attached hydrogen (secondary N) is 1. The molecule has 2 atom stereocenters. The molecule has 0 spiro atoms. The van der Waals surface area contributed by atoms with Gasteiger partial charge < -0.3 is 10.2 Å². The molecule has 1 N–H and O–H groups in total. The second-order valence-electron chi connectivity index (χ2n) is 14.4. The van der Waals surface area contributed by atoms with Gasteiger partial charge in [-0.25, -0.2) is 15.0 Å². The lowest BCUT2D eigenvalue weighted by molar-refractivity contribution is 0.737. The zero-order chi connectivity index (χ0) is 37.0. The molecule has 8 aromatic rings. The molecule has 0 bridgehead atoms. The monoisotopic (exact) mass is 737 g/mol. The van der Waals surface area contributed by atoms with Crippen molar-refractivity contribution in [2.75, 3.05) is 4.90 Å². The smallest absolute Gasteiger partial charge is 0.169 e. The number of rotatable bonds is 6. The summed E-state index contributed by atoms with van der Waals surface area (Å²) in [7, 11) is 0. The number of para-hydroxylation sites is 3. The number of benzene rings is 7. The predicted molar refractivity (Wildman–Crippen MR) is 231 cm³/mol. The van der Waals surface area contributed by atoms with Gasteiger partial charge in [0.25, 0.3) is 0 Å². The number of amidine groups is 2. The maximum atomic E-state index is 5.47. The van der Waals surface area contributed by atoms with Gasteiger partial charge in [-0.1, -0.05) is 158 Å². The summed E-state index contributed by atoms with van der Waals surface area (Å²) in [6, 6.07) is 66.6. The molecule has 3 aliphatic heterocycles. The van der Waals surface area contributed by atoms with Gasteiger partial charge in [-0.15, -0.1) is 11.8 Å². The van der Waals surface area contributed by atoms with Gasteiger partial charge in [0.15, 0.2) is 6.17 Å². The Balaban J connectivity index is 0.989. The predicted octanol–water partition coefficient (Wildman–Crippen LogP) is 12.1. The average Bonchev–Trinajstić information content (AvgIpc) is 3.82. The van der Waals surface area contributed by atoms with E-state index in [1.54, 1.807) is 0 Å². The number of fused-ring (bicyclic) bond motifs is 7. The van der Waals surface area contributed by atoms with Crippen LogP contribution in [0.1, 0.15) is 45.3 Å². The molecule has 11 rings (SSSR count). The van der Waals surface area contributed by atoms with Crippen LogP contribution in [0.2, 0.25) is 0 Å². The third kappa shape index (κ3) is 5.52. The topological polar surface area (TPSA) is 52.9 Å². The van der Waals surface area contributed by atoms with Gasteiger partial charge in [0, 0.05) is 43.9 Å². The quantitative estimate of drug-likeness (QED) is 0.185. The standard InChI is InChI=1S/C50H35N5S/c1-4-15-33(16-5-1)48-52-49(34-17-6-2-7-18-34)54-50(53-48)35-29-27-32(28-30-35)36-19-14-20-37(31-36)44-43-45-47(56-46(43)39-23-10-12-25-41(39)51-44)40-24-11-13-26-42(40)55(45)38-21-8-3-9-22-38/h1-31,45,47,50H,(H,52,53,54). The summed E-state index contributed by atoms with van der Waals surface area (Å²) in [5.74, 6) is 1.63. The zero-order valence-corrected chi connectivity index (χ0v) is 31.1. The van der Waals surface area contributed by atoms with E-state index < -0.39 is 0 Å². The third-order valence-corrected chi connectivity index (χ3v) is 12.5. The van der Waals surface area contributed by atoms with Crippen molar-refractivity contribution in [2.45, 2.75) is 22.4 Å². The van der Waals surface area contributed by atoms with Crippen LogP contribution in [-0.2, 0) is 0 Å². The molecular formula is C50H35N5S. The average molecular weight is 738 g/mol. The first-order chi connectivity index (χ1) is 27.8. The van der Waals surface area contributed by atoms with Gasteiger partial charge in [0.05, 0.1) is 22.5 Å². The van der Waals surface area contributed by atoms with Crippen LogP contribution in [0.3, 0.4) is 0 Å². The lowest BCUT2D eigenvalue weighted by atomic mass is 9.93. The van der Waals surface area contributed by atoms with Crippen LogP contribution in [0.15, 0.2) is 203 Å². The summed E-state index contributed by atoms with van der Waals surface area (Å²) in [6.07, 6.45) is -0.375. The number of nitrogens with zero attached hydrogens (tertiary/aromatic N) is 4. The molecule has 0 radical (unpaired) electrons. The lowest BCUT2D eigenvalue weighted by Crippen LogP contribution is -2.35. The van der Waals surface area contributed by atoms with E-state index in [2.05, 4.69) is 162 Å². The van der Waals surface area contributed by atoms with E-state index in [-0.39, 0.29) is 17.5 Å². The Morgan fingerprint density at radius 2 is 1.12 bits per heavy atom. The minimum Gasteiger partial charge on any atom is -0.332 e. The summed E-state index contributed by atoms with van der Waals surface area (Å²) in [6.45, 7) is 0. The summed E-state index contributed by atoms with van der Waals surface area (Å²) < 4.78 is 0. The summed E-state index contributed by atoms with van der Waals surface area (Å²) >= 11 is 1.99. The first kappa shape index (κ1) is 32.7. The summed E-state index contributed by atoms with van der Waals surface area (Å²) in [5.41, 5.74) is 13.7. The van der Waals surface area contributed by atoms with Crippen LogP contribution in [0.5, 0.6) is 0 Å². The Kier molecular flexibility index (Phi) is 7.88. The highest BCUT2D eigenvalue weighted by Gasteiger charge is 2.48. The zero-order valence-electron chi connectivity index (χ0n) is 30.3. The highest BCUT2D eigenvalue weighted by atomic mass is 32.2. The molecule has 5 nitrogen and oxygen atoms in total. The molecule has 4 heterocycles. The number of aliphatic imine (C=N–C) groups is 2. The SMILES string of the molecule is c1ccc(C2=NC(c3ccc(-c4cccc(-c5nc6ccccc6c6c5C5C(S6)c6ccccc6N5c5ccccc5)c4)cc3)N=C(c3ccccc3)N2)cc1. The Morgan fingerprint density at radius 3 is 1.86 bits per heavy atom. The largest absolute Gasteiger partial charge is 0.332 e. The number of hydrogen-bond acceptors (Lipinski definition) is 6. The number of pyridine rings is 1. The fraction of sp³-hybridized carbons (Fsp3) is 0.0600. The molecule has 266 valence electrons. The van der Waals surface area contributed by atoms with Crippen LogP contribution >= 0.6 is 11.8 Å². The van der Waals surface area contributed by atoms with Gasteiger partial charge in [-0.05, 0) is 52.6 Å². The van der Waals surface area contributed by atoms with E-state index >= 15 is 0 Å². The molecule has 0 amide bonds. The van der Waals surface area contributed by atoms with Crippen molar-refractivity contribution in [3.05, 3.63) is 216 Å². The van der Waals surface area contributed by atoms with Crippen LogP contribution in [-0.4, -0.2) is 16.7 Å². The third-order valence-electron chi connectivity index (χ3n) is 11.0. The van der Waals surface area contributed by atoms with Crippen molar-refractivity contribution >= 4 is 45.7 Å². The minimum absolute atomic E-state index is 0.109. The second-order valence-corrected chi connectivity index (χ2v) is 15.5. The van der Waals surface area contributed by atoms with Crippen molar-refractivity contribution < 1.29 is 0 Å². The molecule has 1 aromatic heterocycles. The molecule has 0 aliphatic carbocycles. The molecule has 56 heavy (non-hydrogen) atoms. The van der Waals surface area contributed by atoms with Crippen LogP contribution in [0.25, 0.3) is 33.3 Å². The first-order valence-corrected chi connectivity index (χ1v) is 19.9. The molecule has 2 unspecified atom stereocenters. The highest BCUT2D eigenvalue weighted by molar-refractivity contribution is 8.00. The highest BCUT2D eigenvalue weighted by Crippen LogP contribution is 2.66. The molecule has 7 aromatic carbocycles. The van der Waals surface area contributed by atoms with Gasteiger partial charge in [0.2, 0.25) is 0 Å². The van der Waals surface area contributed by atoms with Crippen molar-refractivity contribution in [2.24, 2.45) is 9.98 Å². The molecular weight excluding hydrogens is 703 g/mol. The van der Waals surface area contributed by atoms with E-state index in [0.717, 1.165) is 56.3 Å². The van der Waals surface area contributed by atoms with Gasteiger partial charge in [-0.2, -0.15) is 0 Å². The second kappa shape index (κ2) is 13.5. The van der Waals surface area contributed by atoms with Gasteiger partial charge in [-0.3, -0.25) is 0 Å². The first-order valence-electron chi connectivity index (χ1n) is 19.0. The number of hydrogen-bond donors (Lipinski definition) is 1. The summed E-state index contributed by atoms with van der Waals surface area (Å²) in [5, 5.41) is 4.97. The number of aromatic nitrogens is 1. The van der Waals surface area contributed by atoms with Crippen LogP contribution in [0.4, 0.5) is 11.4 Å². The number of thioether (sulfide) groups is 1. The van der Waals surface area contributed by atoms with Crippen molar-refractivity contribution in [1.82, 2.24) is 10.3 Å². The number of anilines is 2. The van der Waals surface area contributed by atoms with Crippen molar-refractivity contribution in [3.8, 4) is 22.4 Å². The summed E-state index contributed by atoms with van der Waals surface area (Å²) in [4.78, 5) is 19.5. The Labute approximate surface area is 330 Å².